The van der Waals surface area contributed by atoms with Crippen LogP contribution in [0.5, 0.6) is 0 Å². The molecular formula is C23H20ClN5O2S. The Morgan fingerprint density at radius 3 is 2.81 bits per heavy atom. The van der Waals surface area contributed by atoms with Gasteiger partial charge < -0.3 is 5.32 Å². The summed E-state index contributed by atoms with van der Waals surface area (Å²) in [4.78, 5) is 30.6. The van der Waals surface area contributed by atoms with Crippen LogP contribution in [-0.4, -0.2) is 31.0 Å². The van der Waals surface area contributed by atoms with Gasteiger partial charge in [-0.15, -0.1) is 0 Å². The number of hydrogen-bond donors (Lipinski definition) is 1. The number of aryl methyl sites for hydroxylation is 1. The van der Waals surface area contributed by atoms with Crippen LogP contribution in [0.3, 0.4) is 0 Å². The molecule has 1 N–H and O–H groups in total. The lowest BCUT2D eigenvalue weighted by Gasteiger charge is -2.13. The molecule has 2 aromatic carbocycles. The molecule has 0 radical (unpaired) electrons. The first-order chi connectivity index (χ1) is 15.5. The zero-order chi connectivity index (χ0) is 22.2. The van der Waals surface area contributed by atoms with Crippen molar-refractivity contribution in [2.75, 3.05) is 11.1 Å². The number of carbonyl (C=O) groups is 1. The summed E-state index contributed by atoms with van der Waals surface area (Å²) in [5, 5.41) is 8.87. The van der Waals surface area contributed by atoms with Crippen molar-refractivity contribution in [1.29, 1.82) is 0 Å². The molecule has 9 heteroatoms. The predicted molar refractivity (Wildman–Crippen MR) is 127 cm³/mol. The normalized spacial score (nSPS) is 15.1. The van der Waals surface area contributed by atoms with Gasteiger partial charge in [0.1, 0.15) is 5.39 Å². The number of thioether (sulfide) groups is 1. The SMILES string of the molecule is CCc1ccc(NC(=O)CC2CSc3nc4c(cnn4-c4cccc(Cl)c4)c(=O)n32)cc1. The standard InChI is InChI=1S/C23H20ClN5O2S/c1-2-14-6-8-16(9-7-14)26-20(30)11-18-13-32-23-27-21-19(22(31)28(18)23)12-25-29(21)17-5-3-4-15(24)10-17/h3-10,12,18H,2,11,13H2,1H3,(H,26,30). The van der Waals surface area contributed by atoms with E-state index in [4.69, 9.17) is 16.6 Å². The molecule has 1 unspecified atom stereocenters. The number of nitrogens with one attached hydrogen (secondary N) is 1. The number of rotatable bonds is 5. The Morgan fingerprint density at radius 1 is 1.25 bits per heavy atom. The Hall–Kier alpha value is -3.10. The van der Waals surface area contributed by atoms with E-state index in [-0.39, 0.29) is 23.9 Å². The molecule has 1 aliphatic rings. The molecule has 5 rings (SSSR count). The van der Waals surface area contributed by atoms with Crippen LogP contribution in [0.15, 0.2) is 64.7 Å². The average molecular weight is 466 g/mol. The summed E-state index contributed by atoms with van der Waals surface area (Å²) in [7, 11) is 0. The zero-order valence-corrected chi connectivity index (χ0v) is 18.9. The lowest BCUT2D eigenvalue weighted by molar-refractivity contribution is -0.116. The summed E-state index contributed by atoms with van der Waals surface area (Å²) in [5.74, 6) is 0.482. The number of fused-ring (bicyclic) bond motifs is 2. The maximum absolute atomic E-state index is 13.3. The number of halogens is 1. The van der Waals surface area contributed by atoms with Gasteiger partial charge in [-0.3, -0.25) is 14.2 Å². The van der Waals surface area contributed by atoms with Gasteiger partial charge >= 0.3 is 0 Å². The number of carbonyl (C=O) groups excluding carboxylic acids is 1. The minimum absolute atomic E-state index is 0.130. The van der Waals surface area contributed by atoms with Crippen molar-refractivity contribution in [1.82, 2.24) is 19.3 Å². The van der Waals surface area contributed by atoms with E-state index in [1.165, 1.54) is 23.5 Å². The number of nitrogens with zero attached hydrogens (tertiary/aromatic N) is 4. The number of anilines is 1. The van der Waals surface area contributed by atoms with Gasteiger partial charge in [-0.05, 0) is 42.3 Å². The summed E-state index contributed by atoms with van der Waals surface area (Å²) >= 11 is 7.58. The minimum Gasteiger partial charge on any atom is -0.326 e. The van der Waals surface area contributed by atoms with E-state index < -0.39 is 0 Å². The fourth-order valence-electron chi connectivity index (χ4n) is 3.83. The van der Waals surface area contributed by atoms with Crippen LogP contribution in [0.2, 0.25) is 5.02 Å². The Kier molecular flexibility index (Phi) is 5.48. The summed E-state index contributed by atoms with van der Waals surface area (Å²) in [6.45, 7) is 2.09. The third-order valence-electron chi connectivity index (χ3n) is 5.49. The predicted octanol–water partition coefficient (Wildman–Crippen LogP) is 4.47. The van der Waals surface area contributed by atoms with Gasteiger partial charge in [0.25, 0.3) is 5.56 Å². The molecule has 1 aliphatic heterocycles. The van der Waals surface area contributed by atoms with E-state index in [1.807, 2.05) is 36.4 Å². The van der Waals surface area contributed by atoms with Gasteiger partial charge in [0, 0.05) is 22.9 Å². The van der Waals surface area contributed by atoms with Gasteiger partial charge in [-0.2, -0.15) is 5.10 Å². The average Bonchev–Trinajstić information content (AvgIpc) is 3.39. The summed E-state index contributed by atoms with van der Waals surface area (Å²) in [5.41, 5.74) is 2.99. The molecule has 0 spiro atoms. The second-order valence-electron chi connectivity index (χ2n) is 7.61. The molecule has 32 heavy (non-hydrogen) atoms. The van der Waals surface area contributed by atoms with Gasteiger partial charge in [-0.25, -0.2) is 9.67 Å². The second kappa shape index (κ2) is 8.44. The van der Waals surface area contributed by atoms with E-state index in [1.54, 1.807) is 21.4 Å². The minimum atomic E-state index is -0.260. The first kappa shape index (κ1) is 20.8. The van der Waals surface area contributed by atoms with Gasteiger partial charge in [0.15, 0.2) is 10.8 Å². The smallest absolute Gasteiger partial charge is 0.265 e. The largest absolute Gasteiger partial charge is 0.326 e. The highest BCUT2D eigenvalue weighted by Gasteiger charge is 2.29. The van der Waals surface area contributed by atoms with Gasteiger partial charge in [0.2, 0.25) is 5.91 Å². The van der Waals surface area contributed by atoms with Gasteiger partial charge in [0.05, 0.1) is 17.9 Å². The molecule has 0 saturated heterocycles. The molecule has 162 valence electrons. The van der Waals surface area contributed by atoms with Crippen LogP contribution in [-0.2, 0) is 11.2 Å². The zero-order valence-electron chi connectivity index (χ0n) is 17.3. The fourth-order valence-corrected chi connectivity index (χ4v) is 5.14. The molecule has 0 bridgehead atoms. The molecule has 3 heterocycles. The van der Waals surface area contributed by atoms with Crippen molar-refractivity contribution in [3.63, 3.8) is 0 Å². The van der Waals surface area contributed by atoms with E-state index in [2.05, 4.69) is 17.3 Å². The highest BCUT2D eigenvalue weighted by atomic mass is 35.5. The summed E-state index contributed by atoms with van der Waals surface area (Å²) in [6, 6.07) is 14.8. The fraction of sp³-hybridized carbons (Fsp3) is 0.217. The lowest BCUT2D eigenvalue weighted by Crippen LogP contribution is -2.27. The first-order valence-electron chi connectivity index (χ1n) is 10.3. The number of benzene rings is 2. The molecule has 1 atom stereocenters. The Balaban J connectivity index is 1.42. The van der Waals surface area contributed by atoms with Crippen molar-refractivity contribution in [2.24, 2.45) is 0 Å². The molecule has 0 aliphatic carbocycles. The first-order valence-corrected chi connectivity index (χ1v) is 11.7. The highest BCUT2D eigenvalue weighted by molar-refractivity contribution is 7.99. The highest BCUT2D eigenvalue weighted by Crippen LogP contribution is 2.33. The van der Waals surface area contributed by atoms with Crippen LogP contribution in [0, 0.1) is 0 Å². The van der Waals surface area contributed by atoms with Crippen molar-refractivity contribution in [3.8, 4) is 5.69 Å². The molecular weight excluding hydrogens is 446 g/mol. The number of aromatic nitrogens is 4. The molecule has 4 aromatic rings. The number of hydrogen-bond acceptors (Lipinski definition) is 5. The van der Waals surface area contributed by atoms with E-state index >= 15 is 0 Å². The maximum Gasteiger partial charge on any atom is 0.265 e. The Labute approximate surface area is 193 Å². The van der Waals surface area contributed by atoms with E-state index in [9.17, 15) is 9.59 Å². The van der Waals surface area contributed by atoms with Crippen LogP contribution in [0.4, 0.5) is 5.69 Å². The summed E-state index contributed by atoms with van der Waals surface area (Å²) in [6.07, 6.45) is 2.67. The number of amides is 1. The second-order valence-corrected chi connectivity index (χ2v) is 9.03. The van der Waals surface area contributed by atoms with Crippen LogP contribution < -0.4 is 10.9 Å². The lowest BCUT2D eigenvalue weighted by atomic mass is 10.1. The van der Waals surface area contributed by atoms with Crippen molar-refractivity contribution >= 4 is 46.0 Å². The van der Waals surface area contributed by atoms with Crippen molar-refractivity contribution < 1.29 is 4.79 Å². The Bertz CT molecular complexity index is 1380. The third kappa shape index (κ3) is 3.80. The van der Waals surface area contributed by atoms with E-state index in [0.717, 1.165) is 17.8 Å². The molecule has 2 aromatic heterocycles. The maximum atomic E-state index is 13.3. The molecule has 7 nitrogen and oxygen atoms in total. The van der Waals surface area contributed by atoms with Crippen LogP contribution in [0.25, 0.3) is 16.7 Å². The monoisotopic (exact) mass is 465 g/mol. The van der Waals surface area contributed by atoms with Gasteiger partial charge in [-0.1, -0.05) is 48.5 Å². The molecule has 0 saturated carbocycles. The van der Waals surface area contributed by atoms with Crippen LogP contribution >= 0.6 is 23.4 Å². The molecule has 0 fully saturated rings. The quantitative estimate of drug-likeness (QED) is 0.439. The summed E-state index contributed by atoms with van der Waals surface area (Å²) < 4.78 is 3.24. The molecule has 1 amide bonds. The van der Waals surface area contributed by atoms with E-state index in [0.29, 0.717) is 27.0 Å². The van der Waals surface area contributed by atoms with Crippen molar-refractivity contribution in [2.45, 2.75) is 31.0 Å². The Morgan fingerprint density at radius 2 is 2.06 bits per heavy atom. The van der Waals surface area contributed by atoms with Crippen molar-refractivity contribution in [3.05, 3.63) is 75.7 Å². The topological polar surface area (TPSA) is 81.8 Å². The third-order valence-corrected chi connectivity index (χ3v) is 6.82. The van der Waals surface area contributed by atoms with Crippen LogP contribution in [0.1, 0.15) is 24.9 Å².